The summed E-state index contributed by atoms with van der Waals surface area (Å²) in [6.07, 6.45) is -3.82. The van der Waals surface area contributed by atoms with Crippen molar-refractivity contribution in [3.8, 4) is 0 Å². The zero-order valence-electron chi connectivity index (χ0n) is 9.05. The molecule has 0 aromatic heterocycles. The van der Waals surface area contributed by atoms with E-state index >= 15 is 0 Å². The van der Waals surface area contributed by atoms with Crippen molar-refractivity contribution in [2.24, 2.45) is 0 Å². The molecule has 0 spiro atoms. The van der Waals surface area contributed by atoms with Gasteiger partial charge in [0.2, 0.25) is 0 Å². The van der Waals surface area contributed by atoms with E-state index in [4.69, 9.17) is 28.3 Å². The number of anilines is 1. The maximum absolute atomic E-state index is 12.8. The maximum atomic E-state index is 12.8. The Balaban J connectivity index is 2.61. The van der Waals surface area contributed by atoms with Crippen molar-refractivity contribution in [1.29, 1.82) is 0 Å². The average molecular weight is 312 g/mol. The van der Waals surface area contributed by atoms with Crippen LogP contribution in [0.1, 0.15) is 5.56 Å². The second-order valence-corrected chi connectivity index (χ2v) is 4.72. The minimum Gasteiger partial charge on any atom is -0.478 e. The minimum absolute atomic E-state index is 0.00237. The van der Waals surface area contributed by atoms with Crippen LogP contribution in [0.15, 0.2) is 17.7 Å². The molecule has 0 radical (unpaired) electrons. The molecule has 19 heavy (non-hydrogen) atoms. The number of aliphatic carboxylic acids is 1. The molecule has 3 nitrogen and oxygen atoms in total. The molecule has 1 atom stereocenters. The lowest BCUT2D eigenvalue weighted by Crippen LogP contribution is -2.42. The van der Waals surface area contributed by atoms with Crippen molar-refractivity contribution in [3.63, 3.8) is 0 Å². The van der Waals surface area contributed by atoms with Crippen molar-refractivity contribution < 1.29 is 23.1 Å². The van der Waals surface area contributed by atoms with Gasteiger partial charge in [0.15, 0.2) is 6.04 Å². The smallest absolute Gasteiger partial charge is 0.413 e. The summed E-state index contributed by atoms with van der Waals surface area (Å²) in [5, 5.41) is 11.2. The van der Waals surface area contributed by atoms with E-state index in [0.29, 0.717) is 0 Å². The summed E-state index contributed by atoms with van der Waals surface area (Å²) in [5.74, 6) is -1.66. The SMILES string of the molecule is O=C(O)C1=Cc2cc(Cl)cc(Cl)c2NC1C(F)(F)F. The molecular formula is C11H6Cl2F3NO2. The van der Waals surface area contributed by atoms with Crippen LogP contribution in [0.5, 0.6) is 0 Å². The molecule has 0 amide bonds. The van der Waals surface area contributed by atoms with E-state index in [-0.39, 0.29) is 21.3 Å². The number of hydrogen-bond acceptors (Lipinski definition) is 2. The molecule has 8 heteroatoms. The van der Waals surface area contributed by atoms with Gasteiger partial charge >= 0.3 is 12.1 Å². The van der Waals surface area contributed by atoms with Crippen molar-refractivity contribution >= 4 is 40.9 Å². The molecule has 1 aromatic carbocycles. The Kier molecular flexibility index (Phi) is 3.40. The Morgan fingerprint density at radius 3 is 2.47 bits per heavy atom. The first-order valence-corrected chi connectivity index (χ1v) is 5.73. The Hall–Kier alpha value is -1.40. The number of nitrogens with one attached hydrogen (secondary N) is 1. The zero-order chi connectivity index (χ0) is 14.4. The summed E-state index contributed by atoms with van der Waals surface area (Å²) in [4.78, 5) is 10.9. The topological polar surface area (TPSA) is 49.3 Å². The summed E-state index contributed by atoms with van der Waals surface area (Å²) in [6, 6.07) is 0.309. The summed E-state index contributed by atoms with van der Waals surface area (Å²) >= 11 is 11.5. The van der Waals surface area contributed by atoms with Gasteiger partial charge in [0.1, 0.15) is 0 Å². The van der Waals surface area contributed by atoms with Crippen LogP contribution in [-0.4, -0.2) is 23.3 Å². The second-order valence-electron chi connectivity index (χ2n) is 3.88. The average Bonchev–Trinajstić information content (AvgIpc) is 2.25. The third-order valence-electron chi connectivity index (χ3n) is 2.57. The van der Waals surface area contributed by atoms with Gasteiger partial charge in [-0.1, -0.05) is 23.2 Å². The quantitative estimate of drug-likeness (QED) is 0.829. The predicted octanol–water partition coefficient (Wildman–Crippen LogP) is 3.82. The lowest BCUT2D eigenvalue weighted by Gasteiger charge is -2.28. The number of fused-ring (bicyclic) bond motifs is 1. The van der Waals surface area contributed by atoms with Crippen LogP contribution >= 0.6 is 23.2 Å². The fraction of sp³-hybridized carbons (Fsp3) is 0.182. The zero-order valence-corrected chi connectivity index (χ0v) is 10.6. The first-order valence-electron chi connectivity index (χ1n) is 4.97. The predicted molar refractivity (Wildman–Crippen MR) is 65.5 cm³/mol. The molecule has 0 fully saturated rings. The van der Waals surface area contributed by atoms with Crippen molar-refractivity contribution in [2.75, 3.05) is 5.32 Å². The molecule has 0 aliphatic carbocycles. The lowest BCUT2D eigenvalue weighted by atomic mass is 9.97. The highest BCUT2D eigenvalue weighted by atomic mass is 35.5. The Morgan fingerprint density at radius 1 is 1.32 bits per heavy atom. The standard InChI is InChI=1S/C11H6Cl2F3NO2/c12-5-1-4-2-6(10(18)19)9(11(14,15)16)17-8(4)7(13)3-5/h1-3,9,17H,(H,18,19). The minimum atomic E-state index is -4.75. The fourth-order valence-electron chi connectivity index (χ4n) is 1.78. The van der Waals surface area contributed by atoms with E-state index in [0.717, 1.165) is 6.08 Å². The fourth-order valence-corrected chi connectivity index (χ4v) is 2.34. The molecule has 1 aliphatic heterocycles. The van der Waals surface area contributed by atoms with Gasteiger partial charge in [-0.3, -0.25) is 0 Å². The largest absolute Gasteiger partial charge is 0.478 e. The highest BCUT2D eigenvalue weighted by Crippen LogP contribution is 2.40. The van der Waals surface area contributed by atoms with E-state index in [1.165, 1.54) is 12.1 Å². The monoisotopic (exact) mass is 311 g/mol. The summed E-state index contributed by atoms with van der Waals surface area (Å²) in [5.41, 5.74) is -0.591. The van der Waals surface area contributed by atoms with E-state index in [1.807, 2.05) is 0 Å². The normalized spacial score (nSPS) is 18.4. The Morgan fingerprint density at radius 2 is 1.95 bits per heavy atom. The molecule has 1 aromatic rings. The molecular weight excluding hydrogens is 306 g/mol. The van der Waals surface area contributed by atoms with E-state index < -0.39 is 23.8 Å². The second kappa shape index (κ2) is 4.61. The summed E-state index contributed by atoms with van der Waals surface area (Å²) in [7, 11) is 0. The number of carboxylic acids is 1. The highest BCUT2D eigenvalue weighted by molar-refractivity contribution is 6.37. The molecule has 0 bridgehead atoms. The molecule has 2 N–H and O–H groups in total. The van der Waals surface area contributed by atoms with Gasteiger partial charge in [0, 0.05) is 10.6 Å². The third-order valence-corrected chi connectivity index (χ3v) is 3.09. The number of halogens is 5. The number of carboxylic acid groups (broad SMARTS) is 1. The molecule has 2 rings (SSSR count). The maximum Gasteiger partial charge on any atom is 0.413 e. The van der Waals surface area contributed by atoms with Gasteiger partial charge in [0.25, 0.3) is 0 Å². The number of benzene rings is 1. The Labute approximate surface area is 115 Å². The highest BCUT2D eigenvalue weighted by Gasteiger charge is 2.46. The van der Waals surface area contributed by atoms with E-state index in [1.54, 1.807) is 0 Å². The van der Waals surface area contributed by atoms with Crippen molar-refractivity contribution in [2.45, 2.75) is 12.2 Å². The van der Waals surface area contributed by atoms with Crippen molar-refractivity contribution in [1.82, 2.24) is 0 Å². The number of rotatable bonds is 1. The number of alkyl halides is 3. The van der Waals surface area contributed by atoms with Crippen LogP contribution in [-0.2, 0) is 4.79 Å². The van der Waals surface area contributed by atoms with Gasteiger partial charge in [-0.2, -0.15) is 13.2 Å². The van der Waals surface area contributed by atoms with Crippen LogP contribution in [0, 0.1) is 0 Å². The van der Waals surface area contributed by atoms with Gasteiger partial charge in [-0.15, -0.1) is 0 Å². The molecule has 1 heterocycles. The molecule has 1 aliphatic rings. The molecule has 102 valence electrons. The van der Waals surface area contributed by atoms with Crippen LogP contribution in [0.2, 0.25) is 10.0 Å². The van der Waals surface area contributed by atoms with Gasteiger partial charge in [-0.25, -0.2) is 4.79 Å². The van der Waals surface area contributed by atoms with E-state index in [2.05, 4.69) is 5.32 Å². The van der Waals surface area contributed by atoms with Crippen LogP contribution in [0.4, 0.5) is 18.9 Å². The van der Waals surface area contributed by atoms with Crippen LogP contribution < -0.4 is 5.32 Å². The summed E-state index contributed by atoms with van der Waals surface area (Å²) in [6.45, 7) is 0. The van der Waals surface area contributed by atoms with E-state index in [9.17, 15) is 18.0 Å². The molecule has 0 saturated carbocycles. The first kappa shape index (κ1) is 14.0. The number of hydrogen-bond donors (Lipinski definition) is 2. The van der Waals surface area contributed by atoms with Gasteiger partial charge in [0.05, 0.1) is 16.3 Å². The van der Waals surface area contributed by atoms with Crippen LogP contribution in [0.3, 0.4) is 0 Å². The van der Waals surface area contributed by atoms with Crippen molar-refractivity contribution in [3.05, 3.63) is 33.3 Å². The van der Waals surface area contributed by atoms with Crippen LogP contribution in [0.25, 0.3) is 6.08 Å². The third kappa shape index (κ3) is 2.64. The van der Waals surface area contributed by atoms with Gasteiger partial charge in [-0.05, 0) is 18.2 Å². The lowest BCUT2D eigenvalue weighted by molar-refractivity contribution is -0.146. The number of carbonyl (C=O) groups is 1. The first-order chi connectivity index (χ1) is 8.70. The Bertz CT molecular complexity index is 584. The summed E-state index contributed by atoms with van der Waals surface area (Å²) < 4.78 is 38.5. The molecule has 0 saturated heterocycles. The van der Waals surface area contributed by atoms with Gasteiger partial charge < -0.3 is 10.4 Å². The molecule has 1 unspecified atom stereocenters.